The van der Waals surface area contributed by atoms with Crippen molar-refractivity contribution in [1.29, 1.82) is 0 Å². The molecule has 1 aliphatic heterocycles. The Kier molecular flexibility index (Phi) is 5.87. The molecule has 0 spiro atoms. The van der Waals surface area contributed by atoms with Gasteiger partial charge in [0.25, 0.3) is 0 Å². The van der Waals surface area contributed by atoms with E-state index < -0.39 is 0 Å². The van der Waals surface area contributed by atoms with Crippen molar-refractivity contribution in [2.24, 2.45) is 0 Å². The first kappa shape index (κ1) is 14.5. The molecule has 1 aromatic rings. The molecule has 1 aliphatic rings. The van der Waals surface area contributed by atoms with Crippen LogP contribution in [-0.2, 0) is 13.0 Å². The van der Waals surface area contributed by atoms with Gasteiger partial charge in [0, 0.05) is 12.6 Å². The summed E-state index contributed by atoms with van der Waals surface area (Å²) >= 11 is 0. The van der Waals surface area contributed by atoms with Crippen molar-refractivity contribution in [3.63, 3.8) is 0 Å². The van der Waals surface area contributed by atoms with Crippen LogP contribution >= 0.6 is 0 Å². The molecule has 0 aromatic heterocycles. The van der Waals surface area contributed by atoms with E-state index in [0.29, 0.717) is 0 Å². The van der Waals surface area contributed by atoms with E-state index >= 15 is 0 Å². The molecule has 0 amide bonds. The van der Waals surface area contributed by atoms with Crippen LogP contribution in [0.3, 0.4) is 0 Å². The third kappa shape index (κ3) is 4.63. The van der Waals surface area contributed by atoms with Gasteiger partial charge < -0.3 is 5.32 Å². The highest BCUT2D eigenvalue weighted by molar-refractivity contribution is 5.23. The predicted octanol–water partition coefficient (Wildman–Crippen LogP) is 3.21. The zero-order valence-electron chi connectivity index (χ0n) is 12.5. The van der Waals surface area contributed by atoms with Gasteiger partial charge in [-0.25, -0.2) is 0 Å². The average Bonchev–Trinajstić information content (AvgIpc) is 2.82. The summed E-state index contributed by atoms with van der Waals surface area (Å²) in [4.78, 5) is 2.60. The summed E-state index contributed by atoms with van der Waals surface area (Å²) in [6.45, 7) is 9.17. The van der Waals surface area contributed by atoms with Crippen LogP contribution < -0.4 is 5.32 Å². The smallest absolute Gasteiger partial charge is 0.0236 e. The number of hydrogen-bond acceptors (Lipinski definition) is 2. The Balaban J connectivity index is 1.77. The fourth-order valence-electron chi connectivity index (χ4n) is 2.81. The molecule has 2 nitrogen and oxygen atoms in total. The maximum absolute atomic E-state index is 3.45. The second-order valence-electron chi connectivity index (χ2n) is 5.78. The normalized spacial score (nSPS) is 20.0. The molecule has 0 saturated carbocycles. The Labute approximate surface area is 118 Å². The summed E-state index contributed by atoms with van der Waals surface area (Å²) in [6.07, 6.45) is 5.08. The Bertz CT molecular complexity index is 358. The van der Waals surface area contributed by atoms with Gasteiger partial charge in [0.05, 0.1) is 0 Å². The molecule has 2 rings (SSSR count). The van der Waals surface area contributed by atoms with Crippen LogP contribution in [0.1, 0.15) is 44.2 Å². The molecule has 2 heteroatoms. The van der Waals surface area contributed by atoms with Gasteiger partial charge in [-0.15, -0.1) is 0 Å². The van der Waals surface area contributed by atoms with Crippen LogP contribution in [0.2, 0.25) is 0 Å². The average molecular weight is 260 g/mol. The second kappa shape index (κ2) is 7.66. The van der Waals surface area contributed by atoms with E-state index in [1.54, 1.807) is 0 Å². The van der Waals surface area contributed by atoms with E-state index in [4.69, 9.17) is 0 Å². The van der Waals surface area contributed by atoms with Gasteiger partial charge in [0.15, 0.2) is 0 Å². The zero-order chi connectivity index (χ0) is 13.5. The summed E-state index contributed by atoms with van der Waals surface area (Å²) in [6, 6.07) is 9.96. The standard InChI is InChI=1S/C17H28N2/c1-3-11-18-12-10-16-6-8-17(9-7-16)14-19-13-4-5-15(19)2/h6-9,15,18H,3-5,10-14H2,1-2H3. The number of benzene rings is 1. The van der Waals surface area contributed by atoms with Gasteiger partial charge >= 0.3 is 0 Å². The van der Waals surface area contributed by atoms with E-state index in [9.17, 15) is 0 Å². The summed E-state index contributed by atoms with van der Waals surface area (Å²) in [7, 11) is 0. The number of rotatable bonds is 7. The van der Waals surface area contributed by atoms with Crippen LogP contribution in [0.5, 0.6) is 0 Å². The highest BCUT2D eigenvalue weighted by Gasteiger charge is 2.19. The van der Waals surface area contributed by atoms with E-state index in [1.165, 1.54) is 36.9 Å². The molecular formula is C17H28N2. The molecule has 0 radical (unpaired) electrons. The second-order valence-corrected chi connectivity index (χ2v) is 5.78. The lowest BCUT2D eigenvalue weighted by molar-refractivity contribution is 0.260. The first-order valence-corrected chi connectivity index (χ1v) is 7.82. The molecule has 1 atom stereocenters. The van der Waals surface area contributed by atoms with E-state index in [-0.39, 0.29) is 0 Å². The van der Waals surface area contributed by atoms with Crippen molar-refractivity contribution >= 4 is 0 Å². The van der Waals surface area contributed by atoms with Gasteiger partial charge in [0.2, 0.25) is 0 Å². The van der Waals surface area contributed by atoms with Gasteiger partial charge in [-0.1, -0.05) is 31.2 Å². The fourth-order valence-corrected chi connectivity index (χ4v) is 2.81. The van der Waals surface area contributed by atoms with E-state index in [1.807, 2.05) is 0 Å². The third-order valence-corrected chi connectivity index (χ3v) is 4.12. The van der Waals surface area contributed by atoms with Crippen molar-refractivity contribution in [2.75, 3.05) is 19.6 Å². The SMILES string of the molecule is CCCNCCc1ccc(CN2CCCC2C)cc1. The molecule has 1 fully saturated rings. The van der Waals surface area contributed by atoms with Gasteiger partial charge in [0.1, 0.15) is 0 Å². The monoisotopic (exact) mass is 260 g/mol. The molecule has 1 unspecified atom stereocenters. The largest absolute Gasteiger partial charge is 0.316 e. The molecule has 0 aliphatic carbocycles. The Morgan fingerprint density at radius 1 is 1.16 bits per heavy atom. The third-order valence-electron chi connectivity index (χ3n) is 4.12. The van der Waals surface area contributed by atoms with Crippen LogP contribution in [0.4, 0.5) is 0 Å². The lowest BCUT2D eigenvalue weighted by Gasteiger charge is -2.21. The van der Waals surface area contributed by atoms with E-state index in [0.717, 1.165) is 32.1 Å². The minimum atomic E-state index is 0.762. The van der Waals surface area contributed by atoms with Crippen molar-refractivity contribution in [2.45, 2.75) is 52.1 Å². The molecule has 1 N–H and O–H groups in total. The summed E-state index contributed by atoms with van der Waals surface area (Å²) in [5.74, 6) is 0. The maximum Gasteiger partial charge on any atom is 0.0236 e. The molecule has 1 heterocycles. The van der Waals surface area contributed by atoms with Crippen molar-refractivity contribution in [3.8, 4) is 0 Å². The van der Waals surface area contributed by atoms with E-state index in [2.05, 4.69) is 48.3 Å². The summed E-state index contributed by atoms with van der Waals surface area (Å²) < 4.78 is 0. The van der Waals surface area contributed by atoms with Crippen LogP contribution in [-0.4, -0.2) is 30.6 Å². The molecular weight excluding hydrogens is 232 g/mol. The molecule has 19 heavy (non-hydrogen) atoms. The number of likely N-dealkylation sites (tertiary alicyclic amines) is 1. The molecule has 1 saturated heterocycles. The first-order valence-electron chi connectivity index (χ1n) is 7.82. The lowest BCUT2D eigenvalue weighted by atomic mass is 10.1. The topological polar surface area (TPSA) is 15.3 Å². The highest BCUT2D eigenvalue weighted by atomic mass is 15.2. The minimum absolute atomic E-state index is 0.762. The van der Waals surface area contributed by atoms with Crippen LogP contribution in [0.25, 0.3) is 0 Å². The van der Waals surface area contributed by atoms with Crippen LogP contribution in [0.15, 0.2) is 24.3 Å². The summed E-state index contributed by atoms with van der Waals surface area (Å²) in [5, 5.41) is 3.45. The van der Waals surface area contributed by atoms with Crippen molar-refractivity contribution in [1.82, 2.24) is 10.2 Å². The van der Waals surface area contributed by atoms with Gasteiger partial charge in [-0.2, -0.15) is 0 Å². The number of nitrogens with one attached hydrogen (secondary N) is 1. The zero-order valence-corrected chi connectivity index (χ0v) is 12.5. The lowest BCUT2D eigenvalue weighted by Crippen LogP contribution is -2.26. The number of hydrogen-bond donors (Lipinski definition) is 1. The molecule has 0 bridgehead atoms. The highest BCUT2D eigenvalue weighted by Crippen LogP contribution is 2.19. The van der Waals surface area contributed by atoms with Crippen molar-refractivity contribution in [3.05, 3.63) is 35.4 Å². The molecule has 106 valence electrons. The Hall–Kier alpha value is -0.860. The Morgan fingerprint density at radius 3 is 2.53 bits per heavy atom. The van der Waals surface area contributed by atoms with Gasteiger partial charge in [-0.3, -0.25) is 4.90 Å². The first-order chi connectivity index (χ1) is 9.29. The fraction of sp³-hybridized carbons (Fsp3) is 0.647. The van der Waals surface area contributed by atoms with Crippen molar-refractivity contribution < 1.29 is 0 Å². The maximum atomic E-state index is 3.45. The quantitative estimate of drug-likeness (QED) is 0.757. The van der Waals surface area contributed by atoms with Gasteiger partial charge in [-0.05, 0) is 63.4 Å². The predicted molar refractivity (Wildman–Crippen MR) is 82.4 cm³/mol. The molecule has 1 aromatic carbocycles. The summed E-state index contributed by atoms with van der Waals surface area (Å²) in [5.41, 5.74) is 2.90. The van der Waals surface area contributed by atoms with Crippen LogP contribution in [0, 0.1) is 0 Å². The number of nitrogens with zero attached hydrogens (tertiary/aromatic N) is 1. The minimum Gasteiger partial charge on any atom is -0.316 e. The Morgan fingerprint density at radius 2 is 1.89 bits per heavy atom.